The lowest BCUT2D eigenvalue weighted by molar-refractivity contribution is 0.276. The second-order valence-corrected chi connectivity index (χ2v) is 9.40. The highest BCUT2D eigenvalue weighted by Crippen LogP contribution is 2.27. The number of benzene rings is 1. The Morgan fingerprint density at radius 1 is 1.17 bits per heavy atom. The third-order valence-electron chi connectivity index (χ3n) is 6.91. The van der Waals surface area contributed by atoms with E-state index >= 15 is 0 Å². The minimum atomic E-state index is 0.0933. The van der Waals surface area contributed by atoms with Gasteiger partial charge in [-0.15, -0.1) is 0 Å². The Balaban J connectivity index is 1.48. The third kappa shape index (κ3) is 5.06. The van der Waals surface area contributed by atoms with Crippen molar-refractivity contribution in [3.63, 3.8) is 0 Å². The molecule has 0 amide bonds. The average molecular weight is 475 g/mol. The van der Waals surface area contributed by atoms with Crippen molar-refractivity contribution in [3.05, 3.63) is 47.8 Å². The predicted molar refractivity (Wildman–Crippen MR) is 139 cm³/mol. The van der Waals surface area contributed by atoms with E-state index in [4.69, 9.17) is 10.7 Å². The molecule has 1 aliphatic rings. The smallest absolute Gasteiger partial charge is 0.222 e. The molecule has 1 fully saturated rings. The molecule has 0 unspecified atom stereocenters. The van der Waals surface area contributed by atoms with E-state index in [0.717, 1.165) is 41.4 Å². The number of nitrogens with two attached hydrogens (primary N) is 1. The molecular formula is C26H34N8O. The molecular weight excluding hydrogens is 440 g/mol. The molecule has 4 aromatic rings. The zero-order valence-electron chi connectivity index (χ0n) is 20.2. The summed E-state index contributed by atoms with van der Waals surface area (Å²) < 4.78 is 1.91. The number of rotatable bonds is 11. The summed E-state index contributed by atoms with van der Waals surface area (Å²) >= 11 is 0. The molecule has 184 valence electrons. The maximum atomic E-state index is 9.50. The zero-order chi connectivity index (χ0) is 24.2. The Labute approximate surface area is 205 Å². The summed E-state index contributed by atoms with van der Waals surface area (Å²) in [5.74, 6) is 0.852. The summed E-state index contributed by atoms with van der Waals surface area (Å²) in [6.07, 6.45) is 9.98. The van der Waals surface area contributed by atoms with Gasteiger partial charge in [-0.25, -0.2) is 4.98 Å². The van der Waals surface area contributed by atoms with Gasteiger partial charge in [0.05, 0.1) is 18.3 Å². The molecule has 1 aliphatic carbocycles. The Morgan fingerprint density at radius 3 is 2.80 bits per heavy atom. The standard InChI is InChI=1S/C26H34N8O/c1-2-5-20(11-13-35)31-25-24-22(32-26(27)33-25)15-30-34(24)16-18-10-9-17(14-29-19-6-3-7-19)21-8-4-12-28-23(18)21/h4,8-10,12,15,19-20,29,35H,2-3,5-7,11,13-14,16H2,1H3,(H3,27,31,32,33)/t20-/m0/s1. The number of aliphatic hydroxyl groups is 1. The maximum absolute atomic E-state index is 9.50. The largest absolute Gasteiger partial charge is 0.396 e. The highest BCUT2D eigenvalue weighted by molar-refractivity contribution is 5.88. The van der Waals surface area contributed by atoms with Gasteiger partial charge in [-0.05, 0) is 42.9 Å². The second kappa shape index (κ2) is 10.5. The van der Waals surface area contributed by atoms with Crippen LogP contribution in [0, 0.1) is 0 Å². The summed E-state index contributed by atoms with van der Waals surface area (Å²) in [4.78, 5) is 13.6. The van der Waals surface area contributed by atoms with Crippen molar-refractivity contribution in [2.24, 2.45) is 0 Å². The summed E-state index contributed by atoms with van der Waals surface area (Å²) in [5.41, 5.74) is 10.8. The molecule has 9 heteroatoms. The van der Waals surface area contributed by atoms with Crippen LogP contribution in [-0.4, -0.2) is 48.5 Å². The van der Waals surface area contributed by atoms with Crippen molar-refractivity contribution in [2.75, 3.05) is 17.7 Å². The lowest BCUT2D eigenvalue weighted by atomic mass is 9.93. The van der Waals surface area contributed by atoms with Gasteiger partial charge in [0.2, 0.25) is 5.95 Å². The van der Waals surface area contributed by atoms with Crippen LogP contribution in [0.2, 0.25) is 0 Å². The molecule has 3 heterocycles. The number of hydrogen-bond acceptors (Lipinski definition) is 8. The van der Waals surface area contributed by atoms with Crippen LogP contribution in [0.4, 0.5) is 11.8 Å². The van der Waals surface area contributed by atoms with Crippen LogP contribution in [0.1, 0.15) is 56.6 Å². The van der Waals surface area contributed by atoms with Crippen molar-refractivity contribution in [3.8, 4) is 0 Å². The normalized spacial score (nSPS) is 14.9. The number of nitrogens with zero attached hydrogens (tertiary/aromatic N) is 5. The number of aromatic nitrogens is 5. The lowest BCUT2D eigenvalue weighted by Crippen LogP contribution is -2.34. The first kappa shape index (κ1) is 23.4. The number of pyridine rings is 1. The number of nitrogens with one attached hydrogen (secondary N) is 2. The molecule has 1 saturated carbocycles. The Morgan fingerprint density at radius 2 is 2.03 bits per heavy atom. The molecule has 1 atom stereocenters. The van der Waals surface area contributed by atoms with Crippen LogP contribution in [0.25, 0.3) is 21.9 Å². The molecule has 0 saturated heterocycles. The molecule has 0 radical (unpaired) electrons. The average Bonchev–Trinajstić information content (AvgIpc) is 3.22. The van der Waals surface area contributed by atoms with E-state index in [9.17, 15) is 5.11 Å². The van der Waals surface area contributed by atoms with Crippen molar-refractivity contribution >= 4 is 33.7 Å². The van der Waals surface area contributed by atoms with Crippen molar-refractivity contribution in [1.82, 2.24) is 30.0 Å². The maximum Gasteiger partial charge on any atom is 0.222 e. The number of anilines is 2. The lowest BCUT2D eigenvalue weighted by Gasteiger charge is -2.26. The van der Waals surface area contributed by atoms with E-state index in [-0.39, 0.29) is 18.6 Å². The fourth-order valence-electron chi connectivity index (χ4n) is 4.82. The second-order valence-electron chi connectivity index (χ2n) is 9.40. The van der Waals surface area contributed by atoms with Gasteiger partial charge in [-0.3, -0.25) is 9.67 Å². The topological polar surface area (TPSA) is 127 Å². The number of hydrogen-bond donors (Lipinski definition) is 4. The monoisotopic (exact) mass is 474 g/mol. The molecule has 1 aromatic carbocycles. The summed E-state index contributed by atoms with van der Waals surface area (Å²) in [5, 5.41) is 22.4. The van der Waals surface area contributed by atoms with Crippen LogP contribution in [0.15, 0.2) is 36.7 Å². The Kier molecular flexibility index (Phi) is 7.06. The SMILES string of the molecule is CCC[C@@H](CCO)Nc1nc(N)nc2cnn(Cc3ccc(CNC4CCC4)c4cccnc34)c12. The highest BCUT2D eigenvalue weighted by Gasteiger charge is 2.19. The summed E-state index contributed by atoms with van der Waals surface area (Å²) in [6.45, 7) is 3.63. The van der Waals surface area contributed by atoms with Crippen LogP contribution in [-0.2, 0) is 13.1 Å². The van der Waals surface area contributed by atoms with Gasteiger partial charge in [-0.1, -0.05) is 38.0 Å². The van der Waals surface area contributed by atoms with Crippen LogP contribution < -0.4 is 16.4 Å². The van der Waals surface area contributed by atoms with E-state index in [1.165, 1.54) is 24.8 Å². The predicted octanol–water partition coefficient (Wildman–Crippen LogP) is 3.61. The summed E-state index contributed by atoms with van der Waals surface area (Å²) in [6, 6.07) is 9.22. The number of nitrogen functional groups attached to an aromatic ring is 1. The first-order valence-electron chi connectivity index (χ1n) is 12.6. The molecule has 9 nitrogen and oxygen atoms in total. The van der Waals surface area contributed by atoms with Crippen molar-refractivity contribution in [2.45, 2.75) is 70.6 Å². The van der Waals surface area contributed by atoms with E-state index in [2.05, 4.69) is 50.8 Å². The minimum Gasteiger partial charge on any atom is -0.396 e. The number of aliphatic hydroxyl groups excluding tert-OH is 1. The Bertz CT molecular complexity index is 1290. The van der Waals surface area contributed by atoms with E-state index in [1.807, 2.05) is 16.9 Å². The molecule has 0 bridgehead atoms. The molecule has 0 aliphatic heterocycles. The molecule has 35 heavy (non-hydrogen) atoms. The first-order valence-corrected chi connectivity index (χ1v) is 12.6. The molecule has 3 aromatic heterocycles. The summed E-state index contributed by atoms with van der Waals surface area (Å²) in [7, 11) is 0. The van der Waals surface area contributed by atoms with Crippen molar-refractivity contribution < 1.29 is 5.11 Å². The van der Waals surface area contributed by atoms with E-state index < -0.39 is 0 Å². The first-order chi connectivity index (χ1) is 17.2. The van der Waals surface area contributed by atoms with Gasteiger partial charge in [-0.2, -0.15) is 10.1 Å². The van der Waals surface area contributed by atoms with E-state index in [1.54, 1.807) is 6.20 Å². The molecule has 0 spiro atoms. The van der Waals surface area contributed by atoms with Gasteiger partial charge in [0.15, 0.2) is 5.82 Å². The van der Waals surface area contributed by atoms with Gasteiger partial charge < -0.3 is 21.5 Å². The molecule has 5 rings (SSSR count). The van der Waals surface area contributed by atoms with Crippen molar-refractivity contribution in [1.29, 1.82) is 0 Å². The Hall–Kier alpha value is -3.30. The fourth-order valence-corrected chi connectivity index (χ4v) is 4.82. The quantitative estimate of drug-likeness (QED) is 0.260. The minimum absolute atomic E-state index is 0.0933. The highest BCUT2D eigenvalue weighted by atomic mass is 16.3. The van der Waals surface area contributed by atoms with Gasteiger partial charge in [0, 0.05) is 36.8 Å². The zero-order valence-corrected chi connectivity index (χ0v) is 20.2. The molecule has 5 N–H and O–H groups in total. The van der Waals surface area contributed by atoms with Gasteiger partial charge in [0.25, 0.3) is 0 Å². The van der Waals surface area contributed by atoms with Crippen LogP contribution >= 0.6 is 0 Å². The third-order valence-corrected chi connectivity index (χ3v) is 6.91. The van der Waals surface area contributed by atoms with Gasteiger partial charge >= 0.3 is 0 Å². The van der Waals surface area contributed by atoms with E-state index in [0.29, 0.717) is 30.3 Å². The number of fused-ring (bicyclic) bond motifs is 2. The van der Waals surface area contributed by atoms with Crippen LogP contribution in [0.3, 0.4) is 0 Å². The fraction of sp³-hybridized carbons (Fsp3) is 0.462. The van der Waals surface area contributed by atoms with Gasteiger partial charge in [0.1, 0.15) is 11.0 Å². The van der Waals surface area contributed by atoms with Crippen LogP contribution in [0.5, 0.6) is 0 Å².